The van der Waals surface area contributed by atoms with Gasteiger partial charge in [-0.1, -0.05) is 0 Å². The van der Waals surface area contributed by atoms with E-state index in [0.717, 1.165) is 0 Å². The molecule has 0 bridgehead atoms. The van der Waals surface area contributed by atoms with E-state index in [4.69, 9.17) is 16.0 Å². The lowest BCUT2D eigenvalue weighted by atomic mass is 10.3. The first-order valence-electron chi connectivity index (χ1n) is 2.49. The number of rotatable bonds is 1. The van der Waals surface area contributed by atoms with Crippen molar-refractivity contribution in [1.82, 2.24) is 0 Å². The highest BCUT2D eigenvalue weighted by atomic mass is 16.5. The molecule has 0 saturated heterocycles. The minimum absolute atomic E-state index is 0.475. The summed E-state index contributed by atoms with van der Waals surface area (Å²) in [6, 6.07) is 0. The summed E-state index contributed by atoms with van der Waals surface area (Å²) in [4.78, 5) is 0. The number of ether oxygens (including phenoxy) is 1. The molecule has 0 saturated carbocycles. The summed E-state index contributed by atoms with van der Waals surface area (Å²) in [7, 11) is 0. The predicted octanol–water partition coefficient (Wildman–Crippen LogP) is 0.730. The third kappa shape index (κ3) is 1.28. The Morgan fingerprint density at radius 2 is 2.56 bits per heavy atom. The van der Waals surface area contributed by atoms with E-state index in [2.05, 4.69) is 5.11 Å². The quantitative estimate of drug-likeness (QED) is 0.507. The Balaban J connectivity index is 2.58. The van der Waals surface area contributed by atoms with Crippen LogP contribution in [0.2, 0.25) is 0 Å². The second-order valence-corrected chi connectivity index (χ2v) is 1.63. The van der Waals surface area contributed by atoms with E-state index in [1.54, 1.807) is 12.2 Å². The molecule has 4 heteroatoms. The van der Waals surface area contributed by atoms with Crippen molar-refractivity contribution < 1.29 is 4.74 Å². The van der Waals surface area contributed by atoms with Gasteiger partial charge in [-0.05, 0) is 12.2 Å². The van der Waals surface area contributed by atoms with Crippen LogP contribution >= 0.6 is 0 Å². The Kier molecular flexibility index (Phi) is 1.48. The Labute approximate surface area is 52.5 Å². The van der Waals surface area contributed by atoms with Crippen molar-refractivity contribution in [3.63, 3.8) is 0 Å². The number of nitrogens with two attached hydrogens (primary N) is 1. The van der Waals surface area contributed by atoms with E-state index in [1.165, 1.54) is 6.26 Å². The second kappa shape index (κ2) is 2.30. The normalized spacial score (nSPS) is 24.4. The molecule has 0 fully saturated rings. The molecule has 9 heavy (non-hydrogen) atoms. The lowest BCUT2D eigenvalue weighted by molar-refractivity contribution is 0.179. The Morgan fingerprint density at radius 1 is 1.78 bits per heavy atom. The molecule has 0 aliphatic carbocycles. The summed E-state index contributed by atoms with van der Waals surface area (Å²) in [5, 5.41) is 3.12. The third-order valence-corrected chi connectivity index (χ3v) is 0.924. The van der Waals surface area contributed by atoms with Crippen molar-refractivity contribution in [1.29, 1.82) is 5.53 Å². The molecule has 1 aliphatic rings. The number of hydrogen-bond donors (Lipinski definition) is 2. The monoisotopic (exact) mass is 125 g/mol. The van der Waals surface area contributed by atoms with Crippen molar-refractivity contribution in [3.8, 4) is 0 Å². The molecular weight excluding hydrogens is 118 g/mol. The van der Waals surface area contributed by atoms with E-state index in [9.17, 15) is 0 Å². The minimum Gasteiger partial charge on any atom is -0.469 e. The molecule has 1 rings (SSSR count). The van der Waals surface area contributed by atoms with E-state index in [0.29, 0.717) is 5.70 Å². The largest absolute Gasteiger partial charge is 0.469 e. The number of hydrogen-bond acceptors (Lipinski definition) is 4. The number of nitrogens with zero attached hydrogens (tertiary/aromatic N) is 1. The predicted molar refractivity (Wildman–Crippen MR) is 31.4 cm³/mol. The van der Waals surface area contributed by atoms with Crippen LogP contribution in [0.15, 0.2) is 29.2 Å². The van der Waals surface area contributed by atoms with Crippen molar-refractivity contribution in [2.75, 3.05) is 0 Å². The van der Waals surface area contributed by atoms with Crippen molar-refractivity contribution in [2.45, 2.75) is 6.23 Å². The van der Waals surface area contributed by atoms with E-state index >= 15 is 0 Å². The molecule has 0 aromatic carbocycles. The fraction of sp³-hybridized carbons (Fsp3) is 0.200. The fourth-order valence-corrected chi connectivity index (χ4v) is 0.500. The summed E-state index contributed by atoms with van der Waals surface area (Å²) in [5.74, 6) is 0. The van der Waals surface area contributed by atoms with Gasteiger partial charge in [0.1, 0.15) is 6.26 Å². The summed E-state index contributed by atoms with van der Waals surface area (Å²) in [6.45, 7) is 0. The van der Waals surface area contributed by atoms with Crippen LogP contribution in [0.3, 0.4) is 0 Å². The van der Waals surface area contributed by atoms with Crippen molar-refractivity contribution >= 4 is 0 Å². The summed E-state index contributed by atoms with van der Waals surface area (Å²) in [6.07, 6.45) is 4.18. The van der Waals surface area contributed by atoms with Crippen LogP contribution in [0.1, 0.15) is 0 Å². The molecule has 3 N–H and O–H groups in total. The van der Waals surface area contributed by atoms with Gasteiger partial charge in [0, 0.05) is 0 Å². The van der Waals surface area contributed by atoms with E-state index in [-0.39, 0.29) is 0 Å². The molecule has 0 aromatic heterocycles. The first-order valence-corrected chi connectivity index (χ1v) is 2.49. The highest BCUT2D eigenvalue weighted by molar-refractivity contribution is 5.16. The van der Waals surface area contributed by atoms with Gasteiger partial charge in [-0.15, -0.1) is 5.11 Å². The summed E-state index contributed by atoms with van der Waals surface area (Å²) < 4.78 is 4.81. The van der Waals surface area contributed by atoms with Crippen LogP contribution < -0.4 is 5.73 Å². The van der Waals surface area contributed by atoms with E-state index in [1.807, 2.05) is 0 Å². The fourth-order valence-electron chi connectivity index (χ4n) is 0.500. The zero-order valence-corrected chi connectivity index (χ0v) is 4.74. The molecule has 0 aromatic rings. The SMILES string of the molecule is N=NC1C=CC(N)=CO1. The van der Waals surface area contributed by atoms with Crippen LogP contribution in [-0.4, -0.2) is 6.23 Å². The zero-order chi connectivity index (χ0) is 6.69. The minimum atomic E-state index is -0.475. The summed E-state index contributed by atoms with van der Waals surface area (Å²) >= 11 is 0. The van der Waals surface area contributed by atoms with Crippen molar-refractivity contribution in [3.05, 3.63) is 24.1 Å². The highest BCUT2D eigenvalue weighted by Crippen LogP contribution is 2.05. The zero-order valence-electron chi connectivity index (χ0n) is 4.74. The molecule has 4 nitrogen and oxygen atoms in total. The second-order valence-electron chi connectivity index (χ2n) is 1.63. The Bertz CT molecular complexity index is 173. The Hall–Kier alpha value is -1.32. The first kappa shape index (κ1) is 5.81. The number of nitrogens with one attached hydrogen (secondary N) is 1. The Morgan fingerprint density at radius 3 is 3.00 bits per heavy atom. The summed E-state index contributed by atoms with van der Waals surface area (Å²) in [5.41, 5.74) is 12.4. The molecular formula is C5H7N3O. The standard InChI is InChI=1S/C5H7N3O/c6-4-1-2-5(8-7)9-3-4/h1-3,5,7H,6H2. The molecule has 1 aliphatic heterocycles. The number of allylic oxidation sites excluding steroid dienone is 1. The smallest absolute Gasteiger partial charge is 0.226 e. The van der Waals surface area contributed by atoms with Gasteiger partial charge in [0.25, 0.3) is 0 Å². The molecule has 48 valence electrons. The van der Waals surface area contributed by atoms with Crippen LogP contribution in [0.25, 0.3) is 0 Å². The highest BCUT2D eigenvalue weighted by Gasteiger charge is 2.03. The van der Waals surface area contributed by atoms with Gasteiger partial charge in [-0.25, -0.2) is 5.53 Å². The van der Waals surface area contributed by atoms with Crippen LogP contribution in [0.5, 0.6) is 0 Å². The molecule has 1 unspecified atom stereocenters. The van der Waals surface area contributed by atoms with E-state index < -0.39 is 6.23 Å². The molecule has 1 heterocycles. The van der Waals surface area contributed by atoms with Gasteiger partial charge >= 0.3 is 0 Å². The maximum absolute atomic E-state index is 6.54. The lowest BCUT2D eigenvalue weighted by Crippen LogP contribution is -2.08. The van der Waals surface area contributed by atoms with Gasteiger partial charge in [0.2, 0.25) is 6.23 Å². The van der Waals surface area contributed by atoms with Gasteiger partial charge in [0.15, 0.2) is 0 Å². The molecule has 0 radical (unpaired) electrons. The average molecular weight is 125 g/mol. The first-order chi connectivity index (χ1) is 4.33. The molecule has 0 spiro atoms. The molecule has 1 atom stereocenters. The van der Waals surface area contributed by atoms with Gasteiger partial charge in [-0.3, -0.25) is 0 Å². The van der Waals surface area contributed by atoms with Gasteiger partial charge in [0.05, 0.1) is 5.70 Å². The molecule has 0 amide bonds. The van der Waals surface area contributed by atoms with Gasteiger partial charge in [-0.2, -0.15) is 0 Å². The maximum atomic E-state index is 6.54. The lowest BCUT2D eigenvalue weighted by Gasteiger charge is -2.09. The van der Waals surface area contributed by atoms with Crippen LogP contribution in [0.4, 0.5) is 0 Å². The van der Waals surface area contributed by atoms with Gasteiger partial charge < -0.3 is 10.5 Å². The third-order valence-electron chi connectivity index (χ3n) is 0.924. The average Bonchev–Trinajstić information content (AvgIpc) is 1.90. The van der Waals surface area contributed by atoms with Crippen LogP contribution in [-0.2, 0) is 4.74 Å². The van der Waals surface area contributed by atoms with Crippen molar-refractivity contribution in [2.24, 2.45) is 10.8 Å². The maximum Gasteiger partial charge on any atom is 0.226 e. The van der Waals surface area contributed by atoms with Crippen LogP contribution in [0, 0.1) is 5.53 Å². The topological polar surface area (TPSA) is 71.5 Å².